The van der Waals surface area contributed by atoms with Gasteiger partial charge in [0.15, 0.2) is 11.5 Å². The smallest absolute Gasteiger partial charge is 0.225 e. The molecule has 1 amide bonds. The van der Waals surface area contributed by atoms with Crippen molar-refractivity contribution in [2.45, 2.75) is 18.4 Å². The first kappa shape index (κ1) is 27.6. The van der Waals surface area contributed by atoms with Gasteiger partial charge in [-0.2, -0.15) is 5.26 Å². The third-order valence-electron chi connectivity index (χ3n) is 5.89. The number of rotatable bonds is 11. The lowest BCUT2D eigenvalue weighted by molar-refractivity contribution is -0.115. The number of amides is 1. The minimum atomic E-state index is -0.151. The van der Waals surface area contributed by atoms with Crippen LogP contribution in [-0.4, -0.2) is 37.5 Å². The molecule has 3 aromatic carbocycles. The van der Waals surface area contributed by atoms with Crippen LogP contribution in [0, 0.1) is 11.3 Å². The zero-order chi connectivity index (χ0) is 27.6. The summed E-state index contributed by atoms with van der Waals surface area (Å²) in [5.74, 6) is 2.00. The number of anilines is 1. The maximum Gasteiger partial charge on any atom is 0.225 e. The molecule has 8 heteroatoms. The molecule has 4 rings (SSSR count). The third kappa shape index (κ3) is 6.51. The van der Waals surface area contributed by atoms with Crippen LogP contribution < -0.4 is 19.5 Å². The summed E-state index contributed by atoms with van der Waals surface area (Å²) in [5.41, 5.74) is 4.07. The number of hydrogen-bond donors (Lipinski definition) is 1. The Labute approximate surface area is 232 Å². The number of benzene rings is 3. The van der Waals surface area contributed by atoms with Crippen molar-refractivity contribution >= 4 is 23.4 Å². The van der Waals surface area contributed by atoms with Gasteiger partial charge in [0.25, 0.3) is 0 Å². The zero-order valence-corrected chi connectivity index (χ0v) is 22.9. The Bertz CT molecular complexity index is 1490. The number of para-hydroxylation sites is 3. The second-order valence-electron chi connectivity index (χ2n) is 8.33. The molecule has 0 atom stereocenters. The molecule has 39 heavy (non-hydrogen) atoms. The Kier molecular flexibility index (Phi) is 9.44. The largest absolute Gasteiger partial charge is 0.493 e. The van der Waals surface area contributed by atoms with E-state index in [0.717, 1.165) is 11.1 Å². The normalized spacial score (nSPS) is 10.4. The van der Waals surface area contributed by atoms with Crippen LogP contribution in [0.25, 0.3) is 22.4 Å². The van der Waals surface area contributed by atoms with Crippen LogP contribution in [0.1, 0.15) is 18.9 Å². The molecule has 1 aromatic heterocycles. The van der Waals surface area contributed by atoms with Crippen LogP contribution in [0.5, 0.6) is 17.2 Å². The molecule has 1 N–H and O–H groups in total. The highest BCUT2D eigenvalue weighted by Crippen LogP contribution is 2.42. The summed E-state index contributed by atoms with van der Waals surface area (Å²) in [5, 5.41) is 13.7. The van der Waals surface area contributed by atoms with E-state index >= 15 is 0 Å². The van der Waals surface area contributed by atoms with Crippen molar-refractivity contribution in [3.63, 3.8) is 0 Å². The van der Waals surface area contributed by atoms with Crippen molar-refractivity contribution in [2.24, 2.45) is 0 Å². The minimum absolute atomic E-state index is 0.151. The highest BCUT2D eigenvalue weighted by molar-refractivity contribution is 7.99. The van der Waals surface area contributed by atoms with Gasteiger partial charge >= 0.3 is 0 Å². The molecule has 0 bridgehead atoms. The lowest BCUT2D eigenvalue weighted by atomic mass is 9.98. The number of ether oxygens (including phenoxy) is 3. The van der Waals surface area contributed by atoms with Crippen LogP contribution in [0.2, 0.25) is 0 Å². The summed E-state index contributed by atoms with van der Waals surface area (Å²) in [6, 6.07) is 26.9. The number of hydrogen-bond acceptors (Lipinski definition) is 7. The molecule has 0 unspecified atom stereocenters. The summed E-state index contributed by atoms with van der Waals surface area (Å²) in [7, 11) is 3.15. The van der Waals surface area contributed by atoms with Gasteiger partial charge in [-0.3, -0.25) is 4.79 Å². The highest BCUT2D eigenvalue weighted by Gasteiger charge is 2.20. The van der Waals surface area contributed by atoms with Crippen LogP contribution in [0.15, 0.2) is 83.9 Å². The molecule has 0 aliphatic rings. The van der Waals surface area contributed by atoms with E-state index in [-0.39, 0.29) is 12.3 Å². The Morgan fingerprint density at radius 3 is 2.41 bits per heavy atom. The molecule has 0 radical (unpaired) electrons. The van der Waals surface area contributed by atoms with Crippen LogP contribution in [0.4, 0.5) is 5.69 Å². The summed E-state index contributed by atoms with van der Waals surface area (Å²) < 4.78 is 16.8. The molecule has 0 aliphatic carbocycles. The first-order chi connectivity index (χ1) is 19.1. The quantitative estimate of drug-likeness (QED) is 0.209. The number of nitrogens with zero attached hydrogens (tertiary/aromatic N) is 2. The SMILES string of the molecule is CCOc1ccccc1NC(=O)CCSc1nc(-c2ccccc2)cc(-c2cccc(OC)c2OC)c1C#N. The van der Waals surface area contributed by atoms with Crippen molar-refractivity contribution in [3.05, 3.63) is 84.4 Å². The number of aromatic nitrogens is 1. The van der Waals surface area contributed by atoms with Gasteiger partial charge in [-0.15, -0.1) is 11.8 Å². The molecular weight excluding hydrogens is 510 g/mol. The predicted molar refractivity (Wildman–Crippen MR) is 155 cm³/mol. The lowest BCUT2D eigenvalue weighted by Gasteiger charge is -2.16. The third-order valence-corrected chi connectivity index (χ3v) is 6.87. The van der Waals surface area contributed by atoms with E-state index in [0.29, 0.717) is 57.1 Å². The number of carbonyl (C=O) groups is 1. The second kappa shape index (κ2) is 13.4. The predicted octanol–water partition coefficient (Wildman–Crippen LogP) is 6.82. The number of nitriles is 1. The standard InChI is InChI=1S/C31H29N3O4S/c1-4-38-27-15-9-8-14-25(27)33-29(35)17-18-39-31-24(20-32)23(19-26(34-31)21-11-6-5-7-12-21)22-13-10-16-28(36-2)30(22)37-3/h5-16,19H,4,17-18H2,1-3H3,(H,33,35). The fourth-order valence-electron chi connectivity index (χ4n) is 4.11. The molecule has 0 spiro atoms. The Balaban J connectivity index is 1.65. The van der Waals surface area contributed by atoms with Crippen LogP contribution in [0.3, 0.4) is 0 Å². The monoisotopic (exact) mass is 539 g/mol. The van der Waals surface area contributed by atoms with E-state index in [1.807, 2.05) is 85.8 Å². The lowest BCUT2D eigenvalue weighted by Crippen LogP contribution is -2.13. The highest BCUT2D eigenvalue weighted by atomic mass is 32.2. The Morgan fingerprint density at radius 1 is 0.949 bits per heavy atom. The van der Waals surface area contributed by atoms with Gasteiger partial charge in [0.05, 0.1) is 37.8 Å². The molecule has 0 fully saturated rings. The minimum Gasteiger partial charge on any atom is -0.493 e. The summed E-state index contributed by atoms with van der Waals surface area (Å²) in [6.07, 6.45) is 0.227. The van der Waals surface area contributed by atoms with Gasteiger partial charge in [-0.1, -0.05) is 54.6 Å². The van der Waals surface area contributed by atoms with E-state index in [1.165, 1.54) is 11.8 Å². The average Bonchev–Trinajstić information content (AvgIpc) is 2.97. The molecule has 198 valence electrons. The Morgan fingerprint density at radius 2 is 1.69 bits per heavy atom. The molecular formula is C31H29N3O4S. The van der Waals surface area contributed by atoms with E-state index in [4.69, 9.17) is 19.2 Å². The first-order valence-corrected chi connectivity index (χ1v) is 13.4. The summed E-state index contributed by atoms with van der Waals surface area (Å²) in [4.78, 5) is 17.6. The topological polar surface area (TPSA) is 93.5 Å². The number of thioether (sulfide) groups is 1. The van der Waals surface area contributed by atoms with Crippen molar-refractivity contribution in [1.29, 1.82) is 5.26 Å². The molecule has 1 heterocycles. The van der Waals surface area contributed by atoms with E-state index in [1.54, 1.807) is 14.2 Å². The van der Waals surface area contributed by atoms with Crippen molar-refractivity contribution in [1.82, 2.24) is 4.98 Å². The van der Waals surface area contributed by atoms with Gasteiger partial charge in [0.1, 0.15) is 16.8 Å². The Hall–Kier alpha value is -4.48. The van der Waals surface area contributed by atoms with Gasteiger partial charge in [-0.05, 0) is 31.2 Å². The van der Waals surface area contributed by atoms with E-state index < -0.39 is 0 Å². The van der Waals surface area contributed by atoms with Gasteiger partial charge in [0, 0.05) is 28.9 Å². The summed E-state index contributed by atoms with van der Waals surface area (Å²) in [6.45, 7) is 2.40. The second-order valence-corrected chi connectivity index (χ2v) is 9.41. The van der Waals surface area contributed by atoms with Gasteiger partial charge < -0.3 is 19.5 Å². The maximum atomic E-state index is 12.7. The number of pyridine rings is 1. The van der Waals surface area contributed by atoms with Gasteiger partial charge in [-0.25, -0.2) is 4.98 Å². The van der Waals surface area contributed by atoms with Gasteiger partial charge in [0.2, 0.25) is 5.91 Å². The molecule has 0 aliphatic heterocycles. The molecule has 0 saturated heterocycles. The number of methoxy groups -OCH3 is 2. The van der Waals surface area contributed by atoms with Crippen molar-refractivity contribution in [3.8, 4) is 45.7 Å². The van der Waals surface area contributed by atoms with E-state index in [2.05, 4.69) is 11.4 Å². The van der Waals surface area contributed by atoms with E-state index in [9.17, 15) is 10.1 Å². The van der Waals surface area contributed by atoms with Crippen molar-refractivity contribution < 1.29 is 19.0 Å². The molecule has 4 aromatic rings. The van der Waals surface area contributed by atoms with Crippen LogP contribution in [-0.2, 0) is 4.79 Å². The molecule has 0 saturated carbocycles. The molecule has 7 nitrogen and oxygen atoms in total. The first-order valence-electron chi connectivity index (χ1n) is 12.5. The zero-order valence-electron chi connectivity index (χ0n) is 22.1. The summed E-state index contributed by atoms with van der Waals surface area (Å²) >= 11 is 1.37. The van der Waals surface area contributed by atoms with Crippen molar-refractivity contribution in [2.75, 3.05) is 31.9 Å². The average molecular weight is 540 g/mol. The number of carbonyl (C=O) groups excluding carboxylic acids is 1. The van der Waals surface area contributed by atoms with Crippen LogP contribution >= 0.6 is 11.8 Å². The maximum absolute atomic E-state index is 12.7. The number of nitrogens with one attached hydrogen (secondary N) is 1. The fourth-order valence-corrected chi connectivity index (χ4v) is 5.05. The fraction of sp³-hybridized carbons (Fsp3) is 0.194.